The normalized spacial score (nSPS) is 10.8. The Bertz CT molecular complexity index is 70.1. The van der Waals surface area contributed by atoms with Crippen LogP contribution in [0.3, 0.4) is 0 Å². The van der Waals surface area contributed by atoms with E-state index in [2.05, 4.69) is 39.4 Å². The van der Waals surface area contributed by atoms with Gasteiger partial charge >= 0.3 is 0 Å². The van der Waals surface area contributed by atoms with E-state index in [-0.39, 0.29) is 12.4 Å². The molecule has 0 aromatic rings. The van der Waals surface area contributed by atoms with Gasteiger partial charge < -0.3 is 16.9 Å². The fraction of sp³-hybridized carbons (Fsp3) is 1.00. The van der Waals surface area contributed by atoms with E-state index in [4.69, 9.17) is 0 Å². The highest BCUT2D eigenvalue weighted by molar-refractivity contribution is 7.80. The number of hydrogen-bond donors (Lipinski definition) is 2. The van der Waals surface area contributed by atoms with Crippen LogP contribution in [0, 0.1) is 0 Å². The SMILES string of the molecule is C[N+](C)(CCS)CCS.[Cl-]. The summed E-state index contributed by atoms with van der Waals surface area (Å²) in [5.41, 5.74) is 0. The third-order valence-corrected chi connectivity index (χ3v) is 1.81. The highest BCUT2D eigenvalue weighted by atomic mass is 35.5. The summed E-state index contributed by atoms with van der Waals surface area (Å²) in [7, 11) is 4.40. The first-order valence-corrected chi connectivity index (χ1v) is 4.42. The van der Waals surface area contributed by atoms with Crippen LogP contribution < -0.4 is 12.4 Å². The summed E-state index contributed by atoms with van der Waals surface area (Å²) in [5, 5.41) is 0. The van der Waals surface area contributed by atoms with Gasteiger partial charge in [-0.3, -0.25) is 0 Å². The summed E-state index contributed by atoms with van der Waals surface area (Å²) < 4.78 is 1.03. The molecule has 0 spiro atoms. The Morgan fingerprint density at radius 3 is 1.50 bits per heavy atom. The van der Waals surface area contributed by atoms with Crippen molar-refractivity contribution in [1.29, 1.82) is 0 Å². The third kappa shape index (κ3) is 7.06. The predicted molar refractivity (Wildman–Crippen MR) is 49.5 cm³/mol. The molecular weight excluding hydrogens is 186 g/mol. The Balaban J connectivity index is 0. The zero-order chi connectivity index (χ0) is 7.33. The maximum Gasteiger partial charge on any atom is 0.0872 e. The molecule has 0 aliphatic heterocycles. The molecule has 0 rings (SSSR count). The van der Waals surface area contributed by atoms with Gasteiger partial charge in [0.25, 0.3) is 0 Å². The number of hydrogen-bond acceptors (Lipinski definition) is 2. The van der Waals surface area contributed by atoms with Crippen molar-refractivity contribution in [2.24, 2.45) is 0 Å². The maximum absolute atomic E-state index is 4.17. The van der Waals surface area contributed by atoms with Gasteiger partial charge in [-0.1, -0.05) is 0 Å². The van der Waals surface area contributed by atoms with E-state index in [0.29, 0.717) is 0 Å². The van der Waals surface area contributed by atoms with Crippen molar-refractivity contribution >= 4 is 25.3 Å². The molecule has 0 N–H and O–H groups in total. The molecule has 0 saturated carbocycles. The van der Waals surface area contributed by atoms with Gasteiger partial charge in [0.05, 0.1) is 27.2 Å². The lowest BCUT2D eigenvalue weighted by molar-refractivity contribution is -0.885. The molecule has 0 fully saturated rings. The van der Waals surface area contributed by atoms with Crippen LogP contribution in [0.4, 0.5) is 0 Å². The number of nitrogens with zero attached hydrogens (tertiary/aromatic N) is 1. The average Bonchev–Trinajstić information content (AvgIpc) is 1.64. The average molecular weight is 202 g/mol. The molecule has 0 aliphatic rings. The Hall–Kier alpha value is 0.950. The minimum atomic E-state index is 0. The van der Waals surface area contributed by atoms with Crippen molar-refractivity contribution in [3.63, 3.8) is 0 Å². The van der Waals surface area contributed by atoms with Gasteiger partial charge in [-0.25, -0.2) is 0 Å². The van der Waals surface area contributed by atoms with Crippen LogP contribution in [0.5, 0.6) is 0 Å². The van der Waals surface area contributed by atoms with Gasteiger partial charge in [-0.15, -0.1) is 0 Å². The minimum Gasteiger partial charge on any atom is -1.00 e. The molecule has 10 heavy (non-hydrogen) atoms. The highest BCUT2D eigenvalue weighted by Crippen LogP contribution is 1.97. The molecule has 0 bridgehead atoms. The van der Waals surface area contributed by atoms with E-state index in [0.717, 1.165) is 29.1 Å². The first-order chi connectivity index (χ1) is 4.12. The Morgan fingerprint density at radius 2 is 1.30 bits per heavy atom. The quantitative estimate of drug-likeness (QED) is 0.379. The molecule has 0 atom stereocenters. The lowest BCUT2D eigenvalue weighted by atomic mass is 10.5. The molecule has 0 radical (unpaired) electrons. The molecule has 0 aliphatic carbocycles. The van der Waals surface area contributed by atoms with E-state index >= 15 is 0 Å². The van der Waals surface area contributed by atoms with Crippen LogP contribution in [0.2, 0.25) is 0 Å². The van der Waals surface area contributed by atoms with Gasteiger partial charge in [-0.05, 0) is 0 Å². The molecule has 0 saturated heterocycles. The standard InChI is InChI=1S/C6H15NS2.ClH/c1-7(2,3-5-8)4-6-9;/h3-6H2,1-2H3,(H-,8,9);1H. The summed E-state index contributed by atoms with van der Waals surface area (Å²) in [6.07, 6.45) is 0. The zero-order valence-electron chi connectivity index (χ0n) is 6.55. The molecule has 0 unspecified atom stereocenters. The number of thiol groups is 2. The van der Waals surface area contributed by atoms with Crippen molar-refractivity contribution in [1.82, 2.24) is 0 Å². The lowest BCUT2D eigenvalue weighted by Gasteiger charge is -2.28. The fourth-order valence-electron chi connectivity index (χ4n) is 0.653. The molecule has 0 heterocycles. The minimum absolute atomic E-state index is 0. The van der Waals surface area contributed by atoms with Gasteiger partial charge in [0, 0.05) is 11.5 Å². The second-order valence-corrected chi connectivity index (χ2v) is 3.72. The zero-order valence-corrected chi connectivity index (χ0v) is 9.09. The van der Waals surface area contributed by atoms with Crippen molar-refractivity contribution < 1.29 is 16.9 Å². The molecule has 4 heteroatoms. The van der Waals surface area contributed by atoms with Crippen molar-refractivity contribution in [3.05, 3.63) is 0 Å². The first-order valence-electron chi connectivity index (χ1n) is 3.16. The lowest BCUT2D eigenvalue weighted by Crippen LogP contribution is -3.00. The van der Waals surface area contributed by atoms with Crippen molar-refractivity contribution in [2.75, 3.05) is 38.7 Å². The predicted octanol–water partition coefficient (Wildman–Crippen LogP) is -2.07. The molecule has 0 amide bonds. The van der Waals surface area contributed by atoms with E-state index in [1.54, 1.807) is 0 Å². The van der Waals surface area contributed by atoms with Crippen LogP contribution in [0.25, 0.3) is 0 Å². The van der Waals surface area contributed by atoms with Crippen LogP contribution in [-0.4, -0.2) is 43.2 Å². The highest BCUT2D eigenvalue weighted by Gasteiger charge is 2.10. The smallest absolute Gasteiger partial charge is 0.0872 e. The van der Waals surface area contributed by atoms with Crippen LogP contribution in [0.1, 0.15) is 0 Å². The van der Waals surface area contributed by atoms with Crippen molar-refractivity contribution in [2.45, 2.75) is 0 Å². The monoisotopic (exact) mass is 201 g/mol. The Morgan fingerprint density at radius 1 is 1.00 bits per heavy atom. The summed E-state index contributed by atoms with van der Waals surface area (Å²) in [6, 6.07) is 0. The van der Waals surface area contributed by atoms with Crippen molar-refractivity contribution in [3.8, 4) is 0 Å². The molecule has 0 aromatic heterocycles. The van der Waals surface area contributed by atoms with E-state index in [1.165, 1.54) is 0 Å². The van der Waals surface area contributed by atoms with Gasteiger partial charge in [0.15, 0.2) is 0 Å². The third-order valence-electron chi connectivity index (χ3n) is 1.41. The second kappa shape index (κ2) is 6.65. The van der Waals surface area contributed by atoms with Gasteiger partial charge in [-0.2, -0.15) is 25.3 Å². The molecule has 0 aromatic carbocycles. The Kier molecular flexibility index (Phi) is 9.00. The van der Waals surface area contributed by atoms with E-state index in [1.807, 2.05) is 0 Å². The van der Waals surface area contributed by atoms with Crippen LogP contribution in [0.15, 0.2) is 0 Å². The van der Waals surface area contributed by atoms with E-state index in [9.17, 15) is 0 Å². The topological polar surface area (TPSA) is 0 Å². The van der Waals surface area contributed by atoms with Gasteiger partial charge in [0.2, 0.25) is 0 Å². The fourth-order valence-corrected chi connectivity index (χ4v) is 1.74. The molecular formula is C6H16ClNS2. The maximum atomic E-state index is 4.17. The summed E-state index contributed by atoms with van der Waals surface area (Å²) in [6.45, 7) is 2.26. The molecule has 64 valence electrons. The number of halogens is 1. The second-order valence-electron chi connectivity index (χ2n) is 2.83. The summed E-state index contributed by atoms with van der Waals surface area (Å²) in [4.78, 5) is 0. The number of rotatable bonds is 4. The Labute approximate surface area is 81.0 Å². The van der Waals surface area contributed by atoms with Crippen LogP contribution in [-0.2, 0) is 0 Å². The number of quaternary nitrogens is 1. The molecule has 1 nitrogen and oxygen atoms in total. The first kappa shape index (κ1) is 13.5. The van der Waals surface area contributed by atoms with E-state index < -0.39 is 0 Å². The van der Waals surface area contributed by atoms with Gasteiger partial charge in [0.1, 0.15) is 0 Å². The van der Waals surface area contributed by atoms with Crippen LogP contribution >= 0.6 is 25.3 Å². The largest absolute Gasteiger partial charge is 1.00 e. The summed E-state index contributed by atoms with van der Waals surface area (Å²) in [5.74, 6) is 1.92. The summed E-state index contributed by atoms with van der Waals surface area (Å²) >= 11 is 8.33.